The highest BCUT2D eigenvalue weighted by atomic mass is 35.5. The molecule has 0 bridgehead atoms. The van der Waals surface area contributed by atoms with Crippen LogP contribution in [0.2, 0.25) is 5.02 Å². The summed E-state index contributed by atoms with van der Waals surface area (Å²) < 4.78 is 22.1. The van der Waals surface area contributed by atoms with E-state index in [1.807, 2.05) is 0 Å². The number of carboxylic acids is 2. The van der Waals surface area contributed by atoms with Crippen molar-refractivity contribution in [1.82, 2.24) is 4.90 Å². The van der Waals surface area contributed by atoms with Gasteiger partial charge in [0.25, 0.3) is 0 Å². The number of unbranched alkanes of at least 4 members (excludes halogenated alkanes) is 2. The van der Waals surface area contributed by atoms with E-state index in [9.17, 15) is 14.7 Å². The van der Waals surface area contributed by atoms with Crippen LogP contribution in [-0.2, 0) is 25.6 Å². The molecule has 2 unspecified atom stereocenters. The Morgan fingerprint density at radius 1 is 1.15 bits per heavy atom. The summed E-state index contributed by atoms with van der Waals surface area (Å²) in [6.45, 7) is 1.09. The number of carbonyl (C=O) groups is 2. The number of halogens is 1. The molecule has 4 rings (SSSR count). The molecular formula is C21H25ClN2O8S. The topological polar surface area (TPSA) is 127 Å². The summed E-state index contributed by atoms with van der Waals surface area (Å²) in [5, 5.41) is 19.5. The first kappa shape index (κ1) is 24.1. The predicted molar refractivity (Wildman–Crippen MR) is 120 cm³/mol. The van der Waals surface area contributed by atoms with Crippen LogP contribution in [0.4, 0.5) is 0 Å². The van der Waals surface area contributed by atoms with Crippen LogP contribution < -0.4 is 9.47 Å². The fraction of sp³-hybridized carbons (Fsp3) is 0.571. The minimum atomic E-state index is -1.45. The van der Waals surface area contributed by atoms with Crippen LogP contribution in [0.5, 0.6) is 11.5 Å². The van der Waals surface area contributed by atoms with Crippen LogP contribution in [0.1, 0.15) is 31.2 Å². The lowest BCUT2D eigenvalue weighted by molar-refractivity contribution is -0.147. The summed E-state index contributed by atoms with van der Waals surface area (Å²) in [6, 6.07) is 3.41. The van der Waals surface area contributed by atoms with Gasteiger partial charge in [0.05, 0.1) is 13.2 Å². The smallest absolute Gasteiger partial charge is 0.340 e. The Labute approximate surface area is 199 Å². The van der Waals surface area contributed by atoms with Gasteiger partial charge in [-0.15, -0.1) is 11.8 Å². The van der Waals surface area contributed by atoms with Gasteiger partial charge in [-0.3, -0.25) is 9.79 Å². The highest BCUT2D eigenvalue weighted by Crippen LogP contribution is 2.42. The zero-order valence-corrected chi connectivity index (χ0v) is 19.3. The number of nitrogens with zero attached hydrogens (tertiary/aromatic N) is 2. The van der Waals surface area contributed by atoms with Crippen LogP contribution in [0.25, 0.3) is 0 Å². The molecule has 1 saturated heterocycles. The molecule has 0 aliphatic carbocycles. The second kappa shape index (κ2) is 10.5. The third kappa shape index (κ3) is 5.22. The molecule has 1 fully saturated rings. The van der Waals surface area contributed by atoms with Crippen molar-refractivity contribution < 1.29 is 38.7 Å². The molecule has 3 aliphatic heterocycles. The molecule has 2 atom stereocenters. The number of thioether (sulfide) groups is 1. The average Bonchev–Trinajstić information content (AvgIpc) is 3.51. The van der Waals surface area contributed by atoms with Crippen molar-refractivity contribution >= 4 is 41.5 Å². The standard InChI is InChI=1S/C21H25ClN2O8S/c22-14-9-16-15(31-12-32-16)8-13(14)10-24-18(19-29-5-6-30-19)23-11-21(24,20(27)28)33-7-3-1-2-4-17(25)26/h8-9,11,18-19H,1-7,10,12H2,(H,25,26)(H,27,28). The molecule has 1 aromatic rings. The number of fused-ring (bicyclic) bond motifs is 1. The Morgan fingerprint density at radius 2 is 1.88 bits per heavy atom. The lowest BCUT2D eigenvalue weighted by Crippen LogP contribution is -2.55. The fourth-order valence-corrected chi connectivity index (χ4v) is 5.38. The molecule has 0 radical (unpaired) electrons. The van der Waals surface area contributed by atoms with Gasteiger partial charge < -0.3 is 29.2 Å². The third-order valence-corrected chi connectivity index (χ3v) is 7.38. The summed E-state index contributed by atoms with van der Waals surface area (Å²) in [5.41, 5.74) is 0.669. The molecule has 3 heterocycles. The maximum absolute atomic E-state index is 12.6. The Kier molecular flexibility index (Phi) is 7.65. The van der Waals surface area contributed by atoms with Gasteiger partial charge in [0.15, 0.2) is 24.0 Å². The van der Waals surface area contributed by atoms with Crippen LogP contribution in [0, 0.1) is 0 Å². The molecule has 180 valence electrons. The zero-order valence-electron chi connectivity index (χ0n) is 17.8. The Balaban J connectivity index is 1.54. The number of aliphatic imine (C=N–C) groups is 1. The van der Waals surface area contributed by atoms with Crippen LogP contribution >= 0.6 is 23.4 Å². The van der Waals surface area contributed by atoms with E-state index >= 15 is 0 Å². The molecule has 0 spiro atoms. The largest absolute Gasteiger partial charge is 0.481 e. The first-order chi connectivity index (χ1) is 15.9. The maximum Gasteiger partial charge on any atom is 0.340 e. The van der Waals surface area contributed by atoms with E-state index in [2.05, 4.69) is 4.99 Å². The summed E-state index contributed by atoms with van der Waals surface area (Å²) in [5.74, 6) is -0.285. The molecule has 0 saturated carbocycles. The van der Waals surface area contributed by atoms with Crippen molar-refractivity contribution in [2.24, 2.45) is 4.99 Å². The van der Waals surface area contributed by atoms with E-state index < -0.39 is 29.3 Å². The summed E-state index contributed by atoms with van der Waals surface area (Å²) in [7, 11) is 0. The molecule has 1 aromatic carbocycles. The third-order valence-electron chi connectivity index (χ3n) is 5.59. The number of hydrogen-bond donors (Lipinski definition) is 2. The number of hydrogen-bond acceptors (Lipinski definition) is 9. The maximum atomic E-state index is 12.6. The molecule has 3 aliphatic rings. The lowest BCUT2D eigenvalue weighted by Gasteiger charge is -2.37. The van der Waals surface area contributed by atoms with Gasteiger partial charge in [-0.25, -0.2) is 9.69 Å². The van der Waals surface area contributed by atoms with E-state index in [1.54, 1.807) is 17.0 Å². The van der Waals surface area contributed by atoms with Crippen molar-refractivity contribution in [3.63, 3.8) is 0 Å². The van der Waals surface area contributed by atoms with Crippen LogP contribution in [0.15, 0.2) is 17.1 Å². The van der Waals surface area contributed by atoms with Crippen LogP contribution in [0.3, 0.4) is 0 Å². The van der Waals surface area contributed by atoms with Crippen molar-refractivity contribution in [3.05, 3.63) is 22.7 Å². The molecule has 12 heteroatoms. The SMILES string of the molecule is O=C(O)CCCCCSC1(C(=O)O)C=NC(C2OCCO2)N1Cc1cc2c(cc1Cl)OCO2. The average molecular weight is 501 g/mol. The normalized spacial score (nSPS) is 24.6. The minimum Gasteiger partial charge on any atom is -0.481 e. The summed E-state index contributed by atoms with van der Waals surface area (Å²) >= 11 is 7.72. The Bertz CT molecular complexity index is 926. The molecule has 33 heavy (non-hydrogen) atoms. The summed E-state index contributed by atoms with van der Waals surface area (Å²) in [6.07, 6.45) is 2.11. The molecule has 0 aromatic heterocycles. The van der Waals surface area contributed by atoms with Crippen molar-refractivity contribution in [1.29, 1.82) is 0 Å². The van der Waals surface area contributed by atoms with Gasteiger partial charge >= 0.3 is 11.9 Å². The fourth-order valence-electron chi connectivity index (χ4n) is 3.91. The van der Waals surface area contributed by atoms with E-state index in [0.717, 1.165) is 0 Å². The van der Waals surface area contributed by atoms with Gasteiger partial charge in [0, 0.05) is 30.3 Å². The summed E-state index contributed by atoms with van der Waals surface area (Å²) in [4.78, 5) is 28.0. The molecule has 10 nitrogen and oxygen atoms in total. The molecule has 2 N–H and O–H groups in total. The highest BCUT2D eigenvalue weighted by molar-refractivity contribution is 8.02. The minimum absolute atomic E-state index is 0.101. The van der Waals surface area contributed by atoms with E-state index in [4.69, 9.17) is 35.7 Å². The van der Waals surface area contributed by atoms with Gasteiger partial charge in [0.2, 0.25) is 11.7 Å². The van der Waals surface area contributed by atoms with Crippen molar-refractivity contribution in [2.45, 2.75) is 49.6 Å². The Morgan fingerprint density at radius 3 is 2.58 bits per heavy atom. The van der Waals surface area contributed by atoms with Gasteiger partial charge in [-0.2, -0.15) is 0 Å². The first-order valence-electron chi connectivity index (χ1n) is 10.6. The van der Waals surface area contributed by atoms with Gasteiger partial charge in [0.1, 0.15) is 0 Å². The number of aliphatic carboxylic acids is 2. The number of ether oxygens (including phenoxy) is 4. The molecule has 0 amide bonds. The predicted octanol–water partition coefficient (Wildman–Crippen LogP) is 2.81. The van der Waals surface area contributed by atoms with Gasteiger partial charge in [-0.05, 0) is 30.2 Å². The van der Waals surface area contributed by atoms with Crippen molar-refractivity contribution in [3.8, 4) is 11.5 Å². The number of carboxylic acid groups (broad SMARTS) is 2. The monoisotopic (exact) mass is 500 g/mol. The molecular weight excluding hydrogens is 476 g/mol. The number of benzene rings is 1. The van der Waals surface area contributed by atoms with Crippen LogP contribution in [-0.4, -0.2) is 76.4 Å². The van der Waals surface area contributed by atoms with Gasteiger partial charge in [-0.1, -0.05) is 18.0 Å². The Hall–Kier alpha value is -2.05. The number of rotatable bonds is 11. The van der Waals surface area contributed by atoms with Crippen molar-refractivity contribution in [2.75, 3.05) is 25.8 Å². The van der Waals surface area contributed by atoms with E-state index in [-0.39, 0.29) is 19.8 Å². The lowest BCUT2D eigenvalue weighted by atomic mass is 10.1. The van der Waals surface area contributed by atoms with E-state index in [0.29, 0.717) is 60.3 Å². The quantitative estimate of drug-likeness (QED) is 0.438. The second-order valence-electron chi connectivity index (χ2n) is 7.78. The first-order valence-corrected chi connectivity index (χ1v) is 12.0. The zero-order chi connectivity index (χ0) is 23.4. The second-order valence-corrected chi connectivity index (χ2v) is 9.51. The highest BCUT2D eigenvalue weighted by Gasteiger charge is 2.53. The van der Waals surface area contributed by atoms with E-state index in [1.165, 1.54) is 18.0 Å².